The molecule has 1 heterocycles. The van der Waals surface area contributed by atoms with E-state index in [1.165, 1.54) is 0 Å². The molecule has 1 amide bonds. The normalized spacial score (nSPS) is 15.0. The molecule has 0 saturated carbocycles. The molecule has 0 fully saturated rings. The van der Waals surface area contributed by atoms with Gasteiger partial charge in [-0.3, -0.25) is 4.79 Å². The fourth-order valence-electron chi connectivity index (χ4n) is 2.01. The highest BCUT2D eigenvalue weighted by atomic mass is 32.2. The van der Waals surface area contributed by atoms with Crippen LogP contribution in [0.15, 0.2) is 12.1 Å². The van der Waals surface area contributed by atoms with E-state index in [-0.39, 0.29) is 12.5 Å². The van der Waals surface area contributed by atoms with Crippen molar-refractivity contribution in [2.75, 3.05) is 34.5 Å². The van der Waals surface area contributed by atoms with Crippen molar-refractivity contribution in [1.29, 1.82) is 0 Å². The molecule has 0 bridgehead atoms. The number of benzene rings is 1. The lowest BCUT2D eigenvalue weighted by atomic mass is 10.1. The Morgan fingerprint density at radius 1 is 1.55 bits per heavy atom. The van der Waals surface area contributed by atoms with Crippen molar-refractivity contribution in [3.63, 3.8) is 0 Å². The van der Waals surface area contributed by atoms with Gasteiger partial charge in [-0.1, -0.05) is 6.92 Å². The molecule has 1 aromatic rings. The van der Waals surface area contributed by atoms with E-state index in [9.17, 15) is 4.79 Å². The predicted molar refractivity (Wildman–Crippen MR) is 85.7 cm³/mol. The Morgan fingerprint density at radius 3 is 3.10 bits per heavy atom. The molecule has 110 valence electrons. The van der Waals surface area contributed by atoms with Crippen LogP contribution in [0.4, 0.5) is 17.1 Å². The van der Waals surface area contributed by atoms with Gasteiger partial charge in [0.1, 0.15) is 5.75 Å². The van der Waals surface area contributed by atoms with Crippen LogP contribution in [0.3, 0.4) is 0 Å². The number of ether oxygens (including phenoxy) is 1. The zero-order valence-electron chi connectivity index (χ0n) is 11.9. The smallest absolute Gasteiger partial charge is 0.262 e. The molecular weight excluding hydrogens is 274 g/mol. The van der Waals surface area contributed by atoms with Gasteiger partial charge in [-0.25, -0.2) is 0 Å². The average Bonchev–Trinajstić information content (AvgIpc) is 2.40. The summed E-state index contributed by atoms with van der Waals surface area (Å²) in [6.45, 7) is 4.33. The van der Waals surface area contributed by atoms with Crippen molar-refractivity contribution < 1.29 is 9.53 Å². The summed E-state index contributed by atoms with van der Waals surface area (Å²) in [6, 6.07) is 3.92. The second-order valence-corrected chi connectivity index (χ2v) is 6.20. The Kier molecular flexibility index (Phi) is 5.00. The molecule has 0 spiro atoms. The largest absolute Gasteiger partial charge is 0.482 e. The van der Waals surface area contributed by atoms with Crippen LogP contribution >= 0.6 is 11.8 Å². The lowest BCUT2D eigenvalue weighted by Gasteiger charge is -2.22. The fourth-order valence-corrected chi connectivity index (χ4v) is 2.82. The number of hydrogen-bond donors (Lipinski definition) is 3. The molecule has 1 unspecified atom stereocenters. The molecule has 5 nitrogen and oxygen atoms in total. The number of nitrogen functional groups attached to an aromatic ring is 1. The maximum Gasteiger partial charge on any atom is 0.262 e. The fraction of sp³-hybridized carbons (Fsp3) is 0.500. The number of nitrogens with two attached hydrogens (primary N) is 1. The maximum absolute atomic E-state index is 11.3. The third kappa shape index (κ3) is 3.72. The average molecular weight is 295 g/mol. The lowest BCUT2D eigenvalue weighted by molar-refractivity contribution is -0.118. The number of carbonyl (C=O) groups excluding carboxylic acids is 1. The molecule has 4 N–H and O–H groups in total. The van der Waals surface area contributed by atoms with Crippen LogP contribution in [0.5, 0.6) is 5.75 Å². The molecular formula is C14H21N3O2S. The molecule has 0 radical (unpaired) electrons. The number of amides is 1. The Labute approximate surface area is 123 Å². The van der Waals surface area contributed by atoms with E-state index < -0.39 is 0 Å². The van der Waals surface area contributed by atoms with Gasteiger partial charge < -0.3 is 21.1 Å². The molecule has 0 aliphatic carbocycles. The zero-order chi connectivity index (χ0) is 14.5. The molecule has 0 saturated heterocycles. The molecule has 1 aliphatic heterocycles. The number of nitrogens with one attached hydrogen (secondary N) is 2. The molecule has 1 atom stereocenters. The van der Waals surface area contributed by atoms with Crippen LogP contribution in [0.2, 0.25) is 0 Å². The third-order valence-corrected chi connectivity index (χ3v) is 4.02. The summed E-state index contributed by atoms with van der Waals surface area (Å²) in [5.41, 5.74) is 8.17. The summed E-state index contributed by atoms with van der Waals surface area (Å²) in [5.74, 6) is 2.74. The van der Waals surface area contributed by atoms with Gasteiger partial charge in [0.2, 0.25) is 0 Å². The lowest BCUT2D eigenvalue weighted by Crippen LogP contribution is -2.26. The summed E-state index contributed by atoms with van der Waals surface area (Å²) >= 11 is 1.93. The Balaban J connectivity index is 2.04. The van der Waals surface area contributed by atoms with Crippen molar-refractivity contribution in [3.05, 3.63) is 12.1 Å². The minimum atomic E-state index is -0.138. The summed E-state index contributed by atoms with van der Waals surface area (Å²) < 4.78 is 5.33. The standard InChI is InChI=1S/C14H21N3O2S/c1-3-20-5-4-9(2)16-11-7-12-13(6-10(11)15)19-8-14(18)17-12/h6-7,9,16H,3-5,8,15H2,1-2H3,(H,17,18). The topological polar surface area (TPSA) is 76.4 Å². The summed E-state index contributed by atoms with van der Waals surface area (Å²) in [5, 5.41) is 6.18. The van der Waals surface area contributed by atoms with Gasteiger partial charge >= 0.3 is 0 Å². The Bertz CT molecular complexity index is 494. The Morgan fingerprint density at radius 2 is 2.35 bits per heavy atom. The minimum absolute atomic E-state index is 0.0455. The van der Waals surface area contributed by atoms with Crippen molar-refractivity contribution in [3.8, 4) is 5.75 Å². The van der Waals surface area contributed by atoms with E-state index in [1.54, 1.807) is 6.07 Å². The second kappa shape index (κ2) is 6.74. The minimum Gasteiger partial charge on any atom is -0.482 e. The molecule has 2 rings (SSSR count). The number of rotatable bonds is 6. The van der Waals surface area contributed by atoms with Gasteiger partial charge in [-0.15, -0.1) is 0 Å². The van der Waals surface area contributed by atoms with Crippen LogP contribution in [0, 0.1) is 0 Å². The quantitative estimate of drug-likeness (QED) is 0.555. The van der Waals surface area contributed by atoms with Gasteiger partial charge in [-0.05, 0) is 30.9 Å². The molecule has 0 aromatic heterocycles. The summed E-state index contributed by atoms with van der Waals surface area (Å²) in [4.78, 5) is 11.3. The van der Waals surface area contributed by atoms with Crippen LogP contribution in [0.1, 0.15) is 20.3 Å². The van der Waals surface area contributed by atoms with Crippen molar-refractivity contribution in [1.82, 2.24) is 0 Å². The van der Waals surface area contributed by atoms with Crippen molar-refractivity contribution >= 4 is 34.7 Å². The van der Waals surface area contributed by atoms with Crippen LogP contribution in [-0.4, -0.2) is 30.1 Å². The van der Waals surface area contributed by atoms with Gasteiger partial charge in [-0.2, -0.15) is 11.8 Å². The van der Waals surface area contributed by atoms with Crippen molar-refractivity contribution in [2.45, 2.75) is 26.3 Å². The van der Waals surface area contributed by atoms with E-state index in [0.29, 0.717) is 23.2 Å². The number of thioether (sulfide) groups is 1. The third-order valence-electron chi connectivity index (χ3n) is 3.09. The highest BCUT2D eigenvalue weighted by Gasteiger charge is 2.18. The van der Waals surface area contributed by atoms with Crippen LogP contribution in [-0.2, 0) is 4.79 Å². The highest BCUT2D eigenvalue weighted by molar-refractivity contribution is 7.99. The zero-order valence-corrected chi connectivity index (χ0v) is 12.7. The molecule has 6 heteroatoms. The van der Waals surface area contributed by atoms with E-state index in [0.717, 1.165) is 23.6 Å². The number of carbonyl (C=O) groups is 1. The van der Waals surface area contributed by atoms with Crippen LogP contribution < -0.4 is 21.1 Å². The molecule has 20 heavy (non-hydrogen) atoms. The maximum atomic E-state index is 11.3. The molecule has 1 aromatic carbocycles. The van der Waals surface area contributed by atoms with E-state index in [4.69, 9.17) is 10.5 Å². The van der Waals surface area contributed by atoms with Gasteiger partial charge in [0, 0.05) is 12.1 Å². The Hall–Kier alpha value is -1.56. The van der Waals surface area contributed by atoms with E-state index in [1.807, 2.05) is 17.8 Å². The van der Waals surface area contributed by atoms with E-state index in [2.05, 4.69) is 24.5 Å². The number of hydrogen-bond acceptors (Lipinski definition) is 5. The summed E-state index contributed by atoms with van der Waals surface area (Å²) in [7, 11) is 0. The second-order valence-electron chi connectivity index (χ2n) is 4.80. The first kappa shape index (κ1) is 14.8. The number of fused-ring (bicyclic) bond motifs is 1. The number of anilines is 3. The predicted octanol–water partition coefficient (Wildman–Crippen LogP) is 2.54. The molecule has 1 aliphatic rings. The van der Waals surface area contributed by atoms with Gasteiger partial charge in [0.25, 0.3) is 5.91 Å². The van der Waals surface area contributed by atoms with E-state index >= 15 is 0 Å². The van der Waals surface area contributed by atoms with Crippen molar-refractivity contribution in [2.24, 2.45) is 0 Å². The van der Waals surface area contributed by atoms with Crippen LogP contribution in [0.25, 0.3) is 0 Å². The first-order valence-corrected chi connectivity index (χ1v) is 7.96. The van der Waals surface area contributed by atoms with Gasteiger partial charge in [0.05, 0.1) is 17.1 Å². The first-order valence-electron chi connectivity index (χ1n) is 6.80. The SMILES string of the molecule is CCSCCC(C)Nc1cc2c(cc1N)OCC(=O)N2. The van der Waals surface area contributed by atoms with Gasteiger partial charge in [0.15, 0.2) is 6.61 Å². The monoisotopic (exact) mass is 295 g/mol. The highest BCUT2D eigenvalue weighted by Crippen LogP contribution is 2.35. The first-order chi connectivity index (χ1) is 9.60. The summed E-state index contributed by atoms with van der Waals surface area (Å²) in [6.07, 6.45) is 1.07.